The van der Waals surface area contributed by atoms with E-state index in [1.165, 1.54) is 0 Å². The molecule has 3 amide bonds. The molecule has 8 heteroatoms. The summed E-state index contributed by atoms with van der Waals surface area (Å²) in [7, 11) is 1.95. The summed E-state index contributed by atoms with van der Waals surface area (Å²) in [5.74, 6) is -1.45. The summed E-state index contributed by atoms with van der Waals surface area (Å²) in [5, 5.41) is 16.6. The number of aliphatic hydroxyl groups excluding tert-OH is 1. The van der Waals surface area contributed by atoms with E-state index < -0.39 is 17.9 Å². The molecule has 0 bridgehead atoms. The van der Waals surface area contributed by atoms with Gasteiger partial charge in [0.25, 0.3) is 0 Å². The Morgan fingerprint density at radius 2 is 1.85 bits per heavy atom. The fourth-order valence-electron chi connectivity index (χ4n) is 4.81. The Bertz CT molecular complexity index is 1260. The molecule has 0 spiro atoms. The lowest BCUT2D eigenvalue weighted by Crippen LogP contribution is -2.39. The van der Waals surface area contributed by atoms with Gasteiger partial charge in [-0.1, -0.05) is 6.07 Å². The fourth-order valence-corrected chi connectivity index (χ4v) is 4.81. The summed E-state index contributed by atoms with van der Waals surface area (Å²) in [6, 6.07) is 11.3. The molecule has 0 saturated heterocycles. The van der Waals surface area contributed by atoms with Gasteiger partial charge in [0.15, 0.2) is 0 Å². The van der Waals surface area contributed by atoms with Crippen molar-refractivity contribution in [2.24, 2.45) is 7.05 Å². The van der Waals surface area contributed by atoms with Crippen molar-refractivity contribution >= 4 is 40.0 Å². The van der Waals surface area contributed by atoms with Crippen LogP contribution in [0.1, 0.15) is 35.6 Å². The first-order chi connectivity index (χ1) is 15.9. The van der Waals surface area contributed by atoms with Crippen molar-refractivity contribution in [3.05, 3.63) is 59.3 Å². The Labute approximate surface area is 191 Å². The van der Waals surface area contributed by atoms with Crippen LogP contribution in [0.3, 0.4) is 0 Å². The van der Waals surface area contributed by atoms with Gasteiger partial charge in [-0.15, -0.1) is 0 Å². The number of anilines is 2. The summed E-state index contributed by atoms with van der Waals surface area (Å²) < 4.78 is 1.99. The monoisotopic (exact) mass is 446 g/mol. The van der Waals surface area contributed by atoms with Crippen molar-refractivity contribution in [1.82, 2.24) is 9.88 Å². The molecular weight excluding hydrogens is 420 g/mol. The van der Waals surface area contributed by atoms with Crippen LogP contribution in [0.2, 0.25) is 0 Å². The maximum Gasteiger partial charge on any atom is 0.313 e. The first-order valence-electron chi connectivity index (χ1n) is 11.2. The molecule has 1 atom stereocenters. The minimum absolute atomic E-state index is 0.0723. The first kappa shape index (κ1) is 21.2. The number of fused-ring (bicyclic) bond motifs is 1. The quantitative estimate of drug-likeness (QED) is 0.535. The van der Waals surface area contributed by atoms with Crippen LogP contribution in [0.15, 0.2) is 42.6 Å². The van der Waals surface area contributed by atoms with Gasteiger partial charge in [0.1, 0.15) is 0 Å². The van der Waals surface area contributed by atoms with Gasteiger partial charge in [0.2, 0.25) is 5.91 Å². The van der Waals surface area contributed by atoms with E-state index in [1.54, 1.807) is 0 Å². The van der Waals surface area contributed by atoms with E-state index >= 15 is 0 Å². The lowest BCUT2D eigenvalue weighted by atomic mass is 9.91. The van der Waals surface area contributed by atoms with Crippen molar-refractivity contribution in [3.8, 4) is 0 Å². The van der Waals surface area contributed by atoms with Gasteiger partial charge in [-0.2, -0.15) is 0 Å². The molecule has 3 N–H and O–H groups in total. The zero-order valence-electron chi connectivity index (χ0n) is 18.4. The molecule has 1 aromatic heterocycles. The number of benzene rings is 2. The lowest BCUT2D eigenvalue weighted by molar-refractivity contribution is -0.136. The summed E-state index contributed by atoms with van der Waals surface area (Å²) in [4.78, 5) is 38.9. The van der Waals surface area contributed by atoms with Crippen LogP contribution < -0.4 is 15.5 Å². The van der Waals surface area contributed by atoms with Crippen molar-refractivity contribution in [3.63, 3.8) is 0 Å². The number of hydrogen-bond acceptors (Lipinski definition) is 4. The van der Waals surface area contributed by atoms with E-state index in [0.29, 0.717) is 24.1 Å². The molecule has 3 heterocycles. The van der Waals surface area contributed by atoms with Gasteiger partial charge in [-0.05, 0) is 71.7 Å². The number of aliphatic hydroxyl groups is 1. The number of hydrogen-bond donors (Lipinski definition) is 3. The Balaban J connectivity index is 1.23. The molecule has 0 radical (unpaired) electrons. The highest BCUT2D eigenvalue weighted by Crippen LogP contribution is 2.37. The van der Waals surface area contributed by atoms with Crippen molar-refractivity contribution in [2.45, 2.75) is 31.8 Å². The van der Waals surface area contributed by atoms with Gasteiger partial charge in [-0.3, -0.25) is 14.4 Å². The molecule has 3 aromatic rings. The van der Waals surface area contributed by atoms with Crippen LogP contribution in [0.25, 0.3) is 10.9 Å². The second kappa shape index (κ2) is 8.37. The van der Waals surface area contributed by atoms with Crippen LogP contribution in [-0.4, -0.2) is 40.5 Å². The molecule has 33 heavy (non-hydrogen) atoms. The molecule has 2 aliphatic rings. The second-order valence-corrected chi connectivity index (χ2v) is 8.72. The predicted octanol–water partition coefficient (Wildman–Crippen LogP) is 2.19. The summed E-state index contributed by atoms with van der Waals surface area (Å²) >= 11 is 0. The highest BCUT2D eigenvalue weighted by atomic mass is 16.3. The highest BCUT2D eigenvalue weighted by Gasteiger charge is 2.30. The Hall–Kier alpha value is -3.65. The van der Waals surface area contributed by atoms with Gasteiger partial charge in [0, 0.05) is 44.0 Å². The number of aryl methyl sites for hydroxylation is 3. The lowest BCUT2D eigenvalue weighted by Gasteiger charge is -2.35. The summed E-state index contributed by atoms with van der Waals surface area (Å²) in [6.45, 7) is 0.656. The molecule has 5 rings (SSSR count). The maximum absolute atomic E-state index is 12.5. The number of aromatic nitrogens is 1. The molecule has 2 aliphatic heterocycles. The van der Waals surface area contributed by atoms with Crippen molar-refractivity contribution < 1.29 is 19.5 Å². The molecule has 8 nitrogen and oxygen atoms in total. The molecule has 0 saturated carbocycles. The van der Waals surface area contributed by atoms with E-state index in [2.05, 4.69) is 10.6 Å². The van der Waals surface area contributed by atoms with Gasteiger partial charge in [-0.25, -0.2) is 0 Å². The fraction of sp³-hybridized carbons (Fsp3) is 0.320. The third kappa shape index (κ3) is 3.98. The van der Waals surface area contributed by atoms with E-state index in [4.69, 9.17) is 0 Å². The third-order valence-corrected chi connectivity index (χ3v) is 6.49. The summed E-state index contributed by atoms with van der Waals surface area (Å²) in [5.41, 5.74) is 5.28. The molecular formula is C25H26N4O4. The van der Waals surface area contributed by atoms with Crippen LogP contribution in [0.4, 0.5) is 11.4 Å². The smallest absolute Gasteiger partial charge is 0.313 e. The molecule has 0 fully saturated rings. The van der Waals surface area contributed by atoms with Crippen molar-refractivity contribution in [1.29, 1.82) is 0 Å². The number of carbonyl (C=O) groups is 3. The zero-order chi connectivity index (χ0) is 23.1. The van der Waals surface area contributed by atoms with Gasteiger partial charge in [0.05, 0.1) is 11.8 Å². The number of carbonyl (C=O) groups excluding carboxylic acids is 3. The second-order valence-electron chi connectivity index (χ2n) is 8.72. The van der Waals surface area contributed by atoms with Crippen LogP contribution >= 0.6 is 0 Å². The van der Waals surface area contributed by atoms with Crippen molar-refractivity contribution in [2.75, 3.05) is 23.3 Å². The molecule has 2 aromatic carbocycles. The molecule has 0 aliphatic carbocycles. The van der Waals surface area contributed by atoms with E-state index in [0.717, 1.165) is 47.1 Å². The number of nitrogens with zero attached hydrogens (tertiary/aromatic N) is 2. The van der Waals surface area contributed by atoms with Gasteiger partial charge >= 0.3 is 11.8 Å². The number of amides is 3. The largest absolute Gasteiger partial charge is 0.387 e. The Kier molecular flexibility index (Phi) is 5.38. The minimum atomic E-state index is -0.928. The number of nitrogens with one attached hydrogen (secondary N) is 2. The molecule has 170 valence electrons. The normalized spacial score (nSPS) is 15.8. The molecule has 1 unspecified atom stereocenters. The average molecular weight is 447 g/mol. The van der Waals surface area contributed by atoms with Crippen LogP contribution in [0.5, 0.6) is 0 Å². The van der Waals surface area contributed by atoms with E-state index in [9.17, 15) is 19.5 Å². The SMILES string of the molecule is Cn1ccc2cc(C(O)CNC(=O)C(=O)Nc3cc4c5c(c3)CCC(=O)N5CCC4)ccc21. The van der Waals surface area contributed by atoms with Crippen LogP contribution in [0, 0.1) is 0 Å². The third-order valence-electron chi connectivity index (χ3n) is 6.49. The predicted molar refractivity (Wildman–Crippen MR) is 125 cm³/mol. The standard InChI is InChI=1S/C25H26N4O4/c1-28-10-8-15-11-16(4-6-20(15)28)21(30)14-26-24(32)25(33)27-19-12-17-3-2-9-29-22(31)7-5-18(13-19)23(17)29/h4,6,8,10-13,21,30H,2-3,5,7,9,14H2,1H3,(H,26,32)(H,27,33). The Morgan fingerprint density at radius 3 is 2.67 bits per heavy atom. The number of rotatable bonds is 4. The van der Waals surface area contributed by atoms with Crippen LogP contribution in [-0.2, 0) is 34.3 Å². The summed E-state index contributed by atoms with van der Waals surface area (Å²) in [6.07, 6.45) is 3.81. The van der Waals surface area contributed by atoms with E-state index in [1.807, 2.05) is 59.1 Å². The highest BCUT2D eigenvalue weighted by molar-refractivity contribution is 6.39. The topological polar surface area (TPSA) is 104 Å². The Morgan fingerprint density at radius 1 is 1.06 bits per heavy atom. The minimum Gasteiger partial charge on any atom is -0.387 e. The zero-order valence-corrected chi connectivity index (χ0v) is 18.4. The van der Waals surface area contributed by atoms with Gasteiger partial charge < -0.3 is 25.2 Å². The average Bonchev–Trinajstić information content (AvgIpc) is 3.19. The van der Waals surface area contributed by atoms with E-state index in [-0.39, 0.29) is 12.5 Å². The maximum atomic E-state index is 12.5. The first-order valence-corrected chi connectivity index (χ1v) is 11.2.